The fourth-order valence-electron chi connectivity index (χ4n) is 4.80. The van der Waals surface area contributed by atoms with Gasteiger partial charge in [0.05, 0.1) is 6.54 Å². The van der Waals surface area contributed by atoms with Gasteiger partial charge in [0.1, 0.15) is 12.4 Å². The Balaban J connectivity index is 1.55. The van der Waals surface area contributed by atoms with E-state index in [4.69, 9.17) is 0 Å². The van der Waals surface area contributed by atoms with Crippen LogP contribution in [0.3, 0.4) is 0 Å². The minimum Gasteiger partial charge on any atom is -0.332 e. The molecule has 0 spiro atoms. The number of aryl methyl sites for hydroxylation is 3. The molecule has 7 heteroatoms. The average molecular weight is 522 g/mol. The third kappa shape index (κ3) is 7.19. The van der Waals surface area contributed by atoms with Crippen LogP contribution in [0.15, 0.2) is 53.9 Å². The molecule has 3 amide bonds. The highest BCUT2D eigenvalue weighted by Gasteiger charge is 2.29. The lowest BCUT2D eigenvalue weighted by atomic mass is 9.94. The van der Waals surface area contributed by atoms with Crippen LogP contribution in [0.1, 0.15) is 59.2 Å². The lowest BCUT2D eigenvalue weighted by Gasteiger charge is -2.35. The van der Waals surface area contributed by atoms with E-state index in [9.17, 15) is 14.0 Å². The first-order valence-corrected chi connectivity index (χ1v) is 13.9. The Morgan fingerprint density at radius 1 is 0.919 bits per heavy atom. The maximum absolute atomic E-state index is 13.8. The second-order valence-electron chi connectivity index (χ2n) is 10.1. The lowest BCUT2D eigenvalue weighted by Crippen LogP contribution is -2.49. The van der Waals surface area contributed by atoms with Crippen LogP contribution in [0.2, 0.25) is 0 Å². The van der Waals surface area contributed by atoms with Gasteiger partial charge in [-0.2, -0.15) is 0 Å². The van der Waals surface area contributed by atoms with Gasteiger partial charge in [0.25, 0.3) is 0 Å². The number of benzene rings is 2. The van der Waals surface area contributed by atoms with E-state index in [1.807, 2.05) is 50.4 Å². The number of hydrogen-bond acceptors (Lipinski definition) is 3. The molecule has 1 saturated carbocycles. The number of halogens is 1. The number of urea groups is 1. The first-order valence-electron chi connectivity index (χ1n) is 13.0. The lowest BCUT2D eigenvalue weighted by molar-refractivity contribution is -0.133. The molecule has 1 aromatic heterocycles. The summed E-state index contributed by atoms with van der Waals surface area (Å²) in [6, 6.07) is 14.0. The molecule has 4 rings (SSSR count). The second-order valence-corrected chi connectivity index (χ2v) is 11.1. The molecule has 0 aliphatic heterocycles. The molecule has 2 aromatic carbocycles. The van der Waals surface area contributed by atoms with Crippen LogP contribution in [-0.2, 0) is 17.9 Å². The third-order valence-electron chi connectivity index (χ3n) is 7.28. The van der Waals surface area contributed by atoms with Crippen molar-refractivity contribution >= 4 is 29.0 Å². The van der Waals surface area contributed by atoms with Gasteiger partial charge in [-0.25, -0.2) is 9.18 Å². The molecule has 1 aliphatic rings. The minimum absolute atomic E-state index is 0.00691. The number of nitrogens with zero attached hydrogens (tertiary/aromatic N) is 2. The molecule has 0 saturated heterocycles. The number of carbonyl (C=O) groups is 2. The fraction of sp³-hybridized carbons (Fsp3) is 0.400. The van der Waals surface area contributed by atoms with Gasteiger partial charge in [-0.3, -0.25) is 4.79 Å². The molecule has 1 heterocycles. The zero-order valence-corrected chi connectivity index (χ0v) is 22.7. The van der Waals surface area contributed by atoms with E-state index >= 15 is 0 Å². The molecule has 0 unspecified atom stereocenters. The Morgan fingerprint density at radius 3 is 2.30 bits per heavy atom. The van der Waals surface area contributed by atoms with Crippen LogP contribution in [-0.4, -0.2) is 34.3 Å². The summed E-state index contributed by atoms with van der Waals surface area (Å²) in [5, 5.41) is 5.06. The molecule has 0 bridgehead atoms. The first kappa shape index (κ1) is 26.9. The van der Waals surface area contributed by atoms with E-state index in [1.165, 1.54) is 12.1 Å². The first-order chi connectivity index (χ1) is 17.8. The number of nitrogens with one attached hydrogen (secondary N) is 1. The Morgan fingerprint density at radius 2 is 1.65 bits per heavy atom. The maximum Gasteiger partial charge on any atom is 0.322 e. The summed E-state index contributed by atoms with van der Waals surface area (Å²) in [4.78, 5) is 32.0. The van der Waals surface area contributed by atoms with Crippen molar-refractivity contribution in [3.05, 3.63) is 86.9 Å². The van der Waals surface area contributed by atoms with E-state index in [-0.39, 0.29) is 30.3 Å². The van der Waals surface area contributed by atoms with Crippen molar-refractivity contribution in [3.8, 4) is 0 Å². The SMILES string of the molecule is Cc1ccc(NC(=O)N(CC(=O)N(Cc2ccc(F)cc2)Cc2sccc2C)C2CCCCC2)cc1C. The van der Waals surface area contributed by atoms with Crippen LogP contribution in [0, 0.1) is 26.6 Å². The summed E-state index contributed by atoms with van der Waals surface area (Å²) in [6.07, 6.45) is 5.07. The zero-order valence-electron chi connectivity index (χ0n) is 21.9. The molecule has 3 aromatic rings. The van der Waals surface area contributed by atoms with Crippen LogP contribution >= 0.6 is 11.3 Å². The smallest absolute Gasteiger partial charge is 0.322 e. The third-order valence-corrected chi connectivity index (χ3v) is 8.29. The minimum atomic E-state index is -0.304. The van der Waals surface area contributed by atoms with Crippen LogP contribution < -0.4 is 5.32 Å². The number of thiophene rings is 1. The van der Waals surface area contributed by atoms with E-state index in [2.05, 4.69) is 5.32 Å². The second kappa shape index (κ2) is 12.4. The van der Waals surface area contributed by atoms with Crippen molar-refractivity contribution in [2.45, 2.75) is 72.0 Å². The molecule has 0 atom stereocenters. The standard InChI is InChI=1S/C30H36FN3O2S/c1-21-9-14-26(17-23(21)3)32-30(36)34(27-7-5-4-6-8-27)20-29(35)33(19-28-22(2)15-16-37-28)18-24-10-12-25(31)13-11-24/h9-17,27H,4-8,18-20H2,1-3H3,(H,32,36). The predicted octanol–water partition coefficient (Wildman–Crippen LogP) is 7.21. The van der Waals surface area contributed by atoms with Crippen LogP contribution in [0.5, 0.6) is 0 Å². The van der Waals surface area contributed by atoms with Gasteiger partial charge in [0, 0.05) is 23.2 Å². The number of carbonyl (C=O) groups excluding carboxylic acids is 2. The van der Waals surface area contributed by atoms with Gasteiger partial charge in [0.2, 0.25) is 5.91 Å². The number of hydrogen-bond donors (Lipinski definition) is 1. The molecule has 1 aliphatic carbocycles. The molecule has 1 fully saturated rings. The zero-order chi connectivity index (χ0) is 26.4. The van der Waals surface area contributed by atoms with Crippen molar-refractivity contribution in [1.29, 1.82) is 0 Å². The van der Waals surface area contributed by atoms with E-state index < -0.39 is 0 Å². The van der Waals surface area contributed by atoms with Gasteiger partial charge < -0.3 is 15.1 Å². The number of anilines is 1. The summed E-state index contributed by atoms with van der Waals surface area (Å²) in [6.45, 7) is 6.92. The topological polar surface area (TPSA) is 52.7 Å². The van der Waals surface area contributed by atoms with Crippen LogP contribution in [0.25, 0.3) is 0 Å². The van der Waals surface area contributed by atoms with Gasteiger partial charge in [0.15, 0.2) is 0 Å². The number of rotatable bonds is 8. The molecule has 5 nitrogen and oxygen atoms in total. The Bertz CT molecular complexity index is 1220. The highest BCUT2D eigenvalue weighted by Crippen LogP contribution is 2.25. The fourth-order valence-corrected chi connectivity index (χ4v) is 5.72. The van der Waals surface area contributed by atoms with E-state index in [1.54, 1.807) is 33.3 Å². The van der Waals surface area contributed by atoms with Gasteiger partial charge in [-0.15, -0.1) is 11.3 Å². The van der Waals surface area contributed by atoms with E-state index in [0.29, 0.717) is 13.1 Å². The predicted molar refractivity (Wildman–Crippen MR) is 148 cm³/mol. The highest BCUT2D eigenvalue weighted by molar-refractivity contribution is 7.10. The summed E-state index contributed by atoms with van der Waals surface area (Å²) in [5.41, 5.74) is 5.00. The molecular weight excluding hydrogens is 485 g/mol. The normalized spacial score (nSPS) is 13.8. The van der Waals surface area contributed by atoms with Crippen molar-refractivity contribution in [3.63, 3.8) is 0 Å². The summed E-state index contributed by atoms with van der Waals surface area (Å²) < 4.78 is 13.5. The monoisotopic (exact) mass is 521 g/mol. The molecular formula is C30H36FN3O2S. The van der Waals surface area contributed by atoms with Crippen molar-refractivity contribution in [1.82, 2.24) is 9.80 Å². The highest BCUT2D eigenvalue weighted by atomic mass is 32.1. The van der Waals surface area contributed by atoms with Crippen molar-refractivity contribution in [2.75, 3.05) is 11.9 Å². The van der Waals surface area contributed by atoms with Crippen LogP contribution in [0.4, 0.5) is 14.9 Å². The van der Waals surface area contributed by atoms with Gasteiger partial charge >= 0.3 is 6.03 Å². The molecule has 196 valence electrons. The quantitative estimate of drug-likeness (QED) is 0.341. The maximum atomic E-state index is 13.8. The van der Waals surface area contributed by atoms with E-state index in [0.717, 1.165) is 64.9 Å². The summed E-state index contributed by atoms with van der Waals surface area (Å²) >= 11 is 1.62. The van der Waals surface area contributed by atoms with Crippen molar-refractivity contribution in [2.24, 2.45) is 0 Å². The largest absolute Gasteiger partial charge is 0.332 e. The molecule has 37 heavy (non-hydrogen) atoms. The van der Waals surface area contributed by atoms with Gasteiger partial charge in [-0.05, 0) is 91.6 Å². The Hall–Kier alpha value is -3.19. The number of amides is 3. The Kier molecular flexibility index (Phi) is 8.98. The average Bonchev–Trinajstić information content (AvgIpc) is 3.30. The Labute approximate surface area is 223 Å². The molecule has 1 N–H and O–H groups in total. The summed E-state index contributed by atoms with van der Waals surface area (Å²) in [7, 11) is 0. The van der Waals surface area contributed by atoms with Crippen molar-refractivity contribution < 1.29 is 14.0 Å². The van der Waals surface area contributed by atoms with Gasteiger partial charge in [-0.1, -0.05) is 37.5 Å². The molecule has 0 radical (unpaired) electrons. The summed E-state index contributed by atoms with van der Waals surface area (Å²) in [5.74, 6) is -0.417.